The number of carboxylic acid groups (broad SMARTS) is 1. The normalized spacial score (nSPS) is 10.7. The van der Waals surface area contributed by atoms with Crippen molar-refractivity contribution in [1.82, 2.24) is 5.43 Å². The molecule has 0 unspecified atom stereocenters. The highest BCUT2D eigenvalue weighted by Crippen LogP contribution is 2.16. The van der Waals surface area contributed by atoms with Crippen LogP contribution in [0, 0.1) is 13.8 Å². The molecule has 1 heterocycles. The predicted molar refractivity (Wildman–Crippen MR) is 82.8 cm³/mol. The van der Waals surface area contributed by atoms with Crippen LogP contribution in [0.3, 0.4) is 0 Å². The lowest BCUT2D eigenvalue weighted by Crippen LogP contribution is -2.18. The van der Waals surface area contributed by atoms with Crippen LogP contribution < -0.4 is 10.2 Å². The molecule has 0 spiro atoms. The van der Waals surface area contributed by atoms with Gasteiger partial charge in [0.2, 0.25) is 0 Å². The molecule has 2 aromatic rings. The summed E-state index contributed by atoms with van der Waals surface area (Å²) in [6.07, 6.45) is 1.39. The van der Waals surface area contributed by atoms with Gasteiger partial charge in [-0.3, -0.25) is 4.79 Å². The monoisotopic (exact) mass is 316 g/mol. The van der Waals surface area contributed by atoms with E-state index < -0.39 is 12.6 Å². The van der Waals surface area contributed by atoms with Gasteiger partial charge < -0.3 is 14.3 Å². The number of hydrogen-bond donors (Lipinski definition) is 2. The Bertz CT molecular complexity index is 749. The quantitative estimate of drug-likeness (QED) is 0.628. The van der Waals surface area contributed by atoms with Crippen LogP contribution in [-0.4, -0.2) is 29.8 Å². The van der Waals surface area contributed by atoms with Crippen molar-refractivity contribution in [3.05, 3.63) is 53.0 Å². The third-order valence-electron chi connectivity index (χ3n) is 2.93. The van der Waals surface area contributed by atoms with E-state index in [4.69, 9.17) is 14.3 Å². The standard InChI is InChI=1S/C16H16N2O5/c1-10-7-13(11(2)23-10)16(21)18-17-8-12-5-3-4-6-14(12)22-9-15(19)20/h3-8H,9H2,1-2H3,(H,18,21)(H,19,20). The molecule has 1 amide bonds. The Morgan fingerprint density at radius 1 is 1.35 bits per heavy atom. The molecular formula is C16H16N2O5. The van der Waals surface area contributed by atoms with Gasteiger partial charge in [0.1, 0.15) is 17.3 Å². The fraction of sp³-hybridized carbons (Fsp3) is 0.188. The van der Waals surface area contributed by atoms with E-state index in [1.54, 1.807) is 44.2 Å². The second kappa shape index (κ2) is 7.26. The number of furan rings is 1. The van der Waals surface area contributed by atoms with E-state index in [1.807, 2.05) is 0 Å². The van der Waals surface area contributed by atoms with E-state index >= 15 is 0 Å². The molecule has 0 atom stereocenters. The number of carbonyl (C=O) groups excluding carboxylic acids is 1. The molecule has 0 aliphatic carbocycles. The summed E-state index contributed by atoms with van der Waals surface area (Å²) < 4.78 is 10.4. The number of benzene rings is 1. The van der Waals surface area contributed by atoms with Gasteiger partial charge in [0.15, 0.2) is 6.61 Å². The predicted octanol–water partition coefficient (Wildman–Crippen LogP) is 2.12. The third-order valence-corrected chi connectivity index (χ3v) is 2.93. The first-order chi connectivity index (χ1) is 11.0. The first-order valence-corrected chi connectivity index (χ1v) is 6.81. The number of hydrogen-bond acceptors (Lipinski definition) is 5. The molecule has 0 aliphatic rings. The summed E-state index contributed by atoms with van der Waals surface area (Å²) in [5, 5.41) is 12.5. The molecule has 120 valence electrons. The number of aliphatic carboxylic acids is 1. The molecule has 1 aromatic heterocycles. The lowest BCUT2D eigenvalue weighted by molar-refractivity contribution is -0.139. The van der Waals surface area contributed by atoms with Gasteiger partial charge in [-0.1, -0.05) is 12.1 Å². The number of aryl methyl sites for hydroxylation is 2. The number of carboxylic acids is 1. The molecule has 0 saturated carbocycles. The van der Waals surface area contributed by atoms with Gasteiger partial charge in [-0.15, -0.1) is 0 Å². The maximum atomic E-state index is 12.0. The molecule has 2 rings (SSSR count). The van der Waals surface area contributed by atoms with Crippen molar-refractivity contribution in [3.63, 3.8) is 0 Å². The summed E-state index contributed by atoms with van der Waals surface area (Å²) in [5.74, 6) is 0.0584. The van der Waals surface area contributed by atoms with E-state index in [2.05, 4.69) is 10.5 Å². The fourth-order valence-corrected chi connectivity index (χ4v) is 1.94. The van der Waals surface area contributed by atoms with E-state index in [1.165, 1.54) is 6.21 Å². The van der Waals surface area contributed by atoms with Gasteiger partial charge in [0.05, 0.1) is 11.8 Å². The van der Waals surface area contributed by atoms with Crippen molar-refractivity contribution in [2.24, 2.45) is 5.10 Å². The van der Waals surface area contributed by atoms with Crippen LogP contribution in [0.15, 0.2) is 39.9 Å². The van der Waals surface area contributed by atoms with Crippen LogP contribution in [0.25, 0.3) is 0 Å². The molecule has 0 radical (unpaired) electrons. The van der Waals surface area contributed by atoms with Crippen LogP contribution in [-0.2, 0) is 4.79 Å². The van der Waals surface area contributed by atoms with Crippen molar-refractivity contribution in [2.45, 2.75) is 13.8 Å². The number of hydrazone groups is 1. The van der Waals surface area contributed by atoms with Crippen molar-refractivity contribution in [2.75, 3.05) is 6.61 Å². The Kier molecular flexibility index (Phi) is 5.14. The van der Waals surface area contributed by atoms with Gasteiger partial charge in [-0.05, 0) is 32.0 Å². The first-order valence-electron chi connectivity index (χ1n) is 6.81. The first kappa shape index (κ1) is 16.3. The van der Waals surface area contributed by atoms with Crippen LogP contribution in [0.5, 0.6) is 5.75 Å². The molecule has 7 nitrogen and oxygen atoms in total. The highest BCUT2D eigenvalue weighted by molar-refractivity contribution is 5.96. The summed E-state index contributed by atoms with van der Waals surface area (Å²) in [6, 6.07) is 8.41. The van der Waals surface area contributed by atoms with Crippen molar-refractivity contribution < 1.29 is 23.8 Å². The molecule has 0 saturated heterocycles. The van der Waals surface area contributed by atoms with Crippen LogP contribution in [0.2, 0.25) is 0 Å². The molecule has 23 heavy (non-hydrogen) atoms. The van der Waals surface area contributed by atoms with E-state index in [-0.39, 0.29) is 5.91 Å². The number of rotatable bonds is 6. The van der Waals surface area contributed by atoms with Gasteiger partial charge in [0.25, 0.3) is 5.91 Å². The van der Waals surface area contributed by atoms with E-state index in [0.29, 0.717) is 28.4 Å². The summed E-state index contributed by atoms with van der Waals surface area (Å²) >= 11 is 0. The molecule has 2 N–H and O–H groups in total. The zero-order valence-corrected chi connectivity index (χ0v) is 12.7. The summed E-state index contributed by atoms with van der Waals surface area (Å²) in [6.45, 7) is 2.99. The second-order valence-corrected chi connectivity index (χ2v) is 4.75. The van der Waals surface area contributed by atoms with Gasteiger partial charge >= 0.3 is 5.97 Å². The van der Waals surface area contributed by atoms with Crippen LogP contribution in [0.4, 0.5) is 0 Å². The minimum atomic E-state index is -1.07. The van der Waals surface area contributed by atoms with Crippen molar-refractivity contribution >= 4 is 18.1 Å². The Balaban J connectivity index is 2.04. The highest BCUT2D eigenvalue weighted by atomic mass is 16.5. The number of amides is 1. The zero-order chi connectivity index (χ0) is 16.8. The zero-order valence-electron chi connectivity index (χ0n) is 12.7. The summed E-state index contributed by atoms with van der Waals surface area (Å²) in [7, 11) is 0. The number of ether oxygens (including phenoxy) is 1. The number of para-hydroxylation sites is 1. The molecule has 1 aromatic carbocycles. The van der Waals surface area contributed by atoms with Crippen LogP contribution >= 0.6 is 0 Å². The topological polar surface area (TPSA) is 101 Å². The minimum absolute atomic E-state index is 0.364. The third kappa shape index (κ3) is 4.44. The fourth-order valence-electron chi connectivity index (χ4n) is 1.94. The lowest BCUT2D eigenvalue weighted by Gasteiger charge is -2.06. The number of carbonyl (C=O) groups is 2. The number of nitrogens with one attached hydrogen (secondary N) is 1. The maximum absolute atomic E-state index is 12.0. The highest BCUT2D eigenvalue weighted by Gasteiger charge is 2.12. The van der Waals surface area contributed by atoms with Gasteiger partial charge in [-0.2, -0.15) is 5.10 Å². The maximum Gasteiger partial charge on any atom is 0.341 e. The summed E-state index contributed by atoms with van der Waals surface area (Å²) in [5.41, 5.74) is 3.35. The molecule has 0 fully saturated rings. The Morgan fingerprint density at radius 3 is 2.74 bits per heavy atom. The van der Waals surface area contributed by atoms with Crippen molar-refractivity contribution in [1.29, 1.82) is 0 Å². The minimum Gasteiger partial charge on any atom is -0.481 e. The molecular weight excluding hydrogens is 300 g/mol. The van der Waals surface area contributed by atoms with E-state index in [9.17, 15) is 9.59 Å². The Labute approximate surface area is 132 Å². The lowest BCUT2D eigenvalue weighted by atomic mass is 10.2. The van der Waals surface area contributed by atoms with E-state index in [0.717, 1.165) is 0 Å². The number of nitrogens with zero attached hydrogens (tertiary/aromatic N) is 1. The average molecular weight is 316 g/mol. The van der Waals surface area contributed by atoms with Gasteiger partial charge in [0, 0.05) is 5.56 Å². The Morgan fingerprint density at radius 2 is 2.09 bits per heavy atom. The van der Waals surface area contributed by atoms with Crippen LogP contribution in [0.1, 0.15) is 27.4 Å². The molecule has 0 bridgehead atoms. The Hall–Kier alpha value is -3.09. The average Bonchev–Trinajstić information content (AvgIpc) is 2.85. The second-order valence-electron chi connectivity index (χ2n) is 4.75. The van der Waals surface area contributed by atoms with Crippen molar-refractivity contribution in [3.8, 4) is 5.75 Å². The SMILES string of the molecule is Cc1cc(C(=O)NN=Cc2ccccc2OCC(=O)O)c(C)o1. The van der Waals surface area contributed by atoms with Gasteiger partial charge in [-0.25, -0.2) is 10.2 Å². The molecule has 0 aliphatic heterocycles. The smallest absolute Gasteiger partial charge is 0.341 e. The molecule has 7 heteroatoms. The summed E-state index contributed by atoms with van der Waals surface area (Å²) in [4.78, 5) is 22.5. The largest absolute Gasteiger partial charge is 0.481 e.